The van der Waals surface area contributed by atoms with Crippen LogP contribution in [0.1, 0.15) is 76.1 Å². The van der Waals surface area contributed by atoms with E-state index in [0.29, 0.717) is 5.56 Å². The molecular weight excluding hydrogens is 586 g/mol. The smallest absolute Gasteiger partial charge is 0.268 e. The van der Waals surface area contributed by atoms with Gasteiger partial charge in [0.2, 0.25) is 5.78 Å². The van der Waals surface area contributed by atoms with Gasteiger partial charge in [0.05, 0.1) is 18.2 Å². The molecule has 4 aromatic rings. The molecule has 1 fully saturated rings. The summed E-state index contributed by atoms with van der Waals surface area (Å²) in [5.41, 5.74) is -1.32. The van der Waals surface area contributed by atoms with Crippen molar-refractivity contribution in [3.05, 3.63) is 105 Å². The van der Waals surface area contributed by atoms with Crippen molar-refractivity contribution in [3.8, 4) is 17.2 Å². The maximum atomic E-state index is 14.3. The highest BCUT2D eigenvalue weighted by atomic mass is 16.5. The first-order chi connectivity index (χ1) is 21.8. The number of carbonyl (C=O) groups is 3. The number of phenolic OH excluding ortho intramolecular Hbond substituents is 2. The van der Waals surface area contributed by atoms with E-state index in [1.165, 1.54) is 19.2 Å². The van der Waals surface area contributed by atoms with Crippen molar-refractivity contribution in [2.45, 2.75) is 50.2 Å². The molecule has 6 N–H and O–H groups in total. The van der Waals surface area contributed by atoms with Gasteiger partial charge in [-0.05, 0) is 43.5 Å². The molecule has 2 atom stereocenters. The van der Waals surface area contributed by atoms with Crippen LogP contribution in [0.2, 0.25) is 0 Å². The number of benzene rings is 3. The number of ketones is 1. The first-order valence-corrected chi connectivity index (χ1v) is 14.9. The van der Waals surface area contributed by atoms with E-state index in [0.717, 1.165) is 22.2 Å². The summed E-state index contributed by atoms with van der Waals surface area (Å²) in [6.45, 7) is 9.68. The van der Waals surface area contributed by atoms with E-state index in [-0.39, 0.29) is 57.9 Å². The van der Waals surface area contributed by atoms with Crippen molar-refractivity contribution >= 4 is 34.6 Å². The number of aromatic nitrogens is 1. The molecule has 0 bridgehead atoms. The van der Waals surface area contributed by atoms with Gasteiger partial charge in [0.1, 0.15) is 34.1 Å². The lowest BCUT2D eigenvalue weighted by Crippen LogP contribution is -2.65. The molecule has 46 heavy (non-hydrogen) atoms. The second-order valence-corrected chi connectivity index (χ2v) is 12.9. The first-order valence-electron chi connectivity index (χ1n) is 14.9. The van der Waals surface area contributed by atoms with Crippen LogP contribution in [0, 0.1) is 6.92 Å². The number of aryl methyl sites for hydroxylation is 1. The molecule has 2 heterocycles. The van der Waals surface area contributed by atoms with E-state index >= 15 is 0 Å². The fourth-order valence-corrected chi connectivity index (χ4v) is 7.34. The Morgan fingerprint density at radius 1 is 1.00 bits per heavy atom. The van der Waals surface area contributed by atoms with Crippen LogP contribution in [0.25, 0.3) is 17.0 Å². The molecule has 7 rings (SSSR count). The lowest BCUT2D eigenvalue weighted by atomic mass is 9.60. The van der Waals surface area contributed by atoms with Gasteiger partial charge in [0, 0.05) is 50.3 Å². The number of aromatic hydroxyl groups is 2. The predicted molar refractivity (Wildman–Crippen MR) is 171 cm³/mol. The quantitative estimate of drug-likeness (QED) is 0.146. The molecule has 0 radical (unpaired) electrons. The number of carbonyl (C=O) groups excluding carboxylic acids is 3. The minimum Gasteiger partial charge on any atom is -0.507 e. The number of nitrogens with one attached hydrogen (secondary N) is 3. The number of hydrogen-bond acceptors (Lipinski definition) is 7. The summed E-state index contributed by atoms with van der Waals surface area (Å²) in [4.78, 5) is 45.6. The number of fused-ring (bicyclic) bond motifs is 4. The van der Waals surface area contributed by atoms with Gasteiger partial charge < -0.3 is 35.7 Å². The lowest BCUT2D eigenvalue weighted by molar-refractivity contribution is -0.138. The maximum Gasteiger partial charge on any atom is 0.268 e. The number of H-pyrrole nitrogens is 1. The monoisotopic (exact) mass is 619 g/mol. The third-order valence-electron chi connectivity index (χ3n) is 9.75. The molecule has 0 unspecified atom stereocenters. The van der Waals surface area contributed by atoms with E-state index in [2.05, 4.69) is 22.2 Å². The van der Waals surface area contributed by atoms with E-state index < -0.39 is 39.9 Å². The molecule has 234 valence electrons. The number of ether oxygens (including phenoxy) is 1. The number of phenols is 2. The third kappa shape index (κ3) is 3.76. The van der Waals surface area contributed by atoms with Crippen LogP contribution in [0.3, 0.4) is 0 Å². The van der Waals surface area contributed by atoms with E-state index in [9.17, 15) is 29.7 Å². The number of rotatable bonds is 4. The van der Waals surface area contributed by atoms with E-state index in [1.54, 1.807) is 25.1 Å². The summed E-state index contributed by atoms with van der Waals surface area (Å²) in [7, 11) is 1.33. The zero-order chi connectivity index (χ0) is 32.9. The second-order valence-electron chi connectivity index (χ2n) is 12.9. The van der Waals surface area contributed by atoms with E-state index in [4.69, 9.17) is 4.74 Å². The SMILES string of the molecule is C=CC(C)(C)c1[nH]c2ccccc2c1/C=C1\NC(=O)[C@]2(CC[C@]3(O)c4cc(C)cc(O)c4C(=O)c4c(O)cc(OC)c2c43)NC1=O. The van der Waals surface area contributed by atoms with Crippen LogP contribution >= 0.6 is 0 Å². The van der Waals surface area contributed by atoms with Gasteiger partial charge in [0.25, 0.3) is 11.8 Å². The van der Waals surface area contributed by atoms with Crippen LogP contribution < -0.4 is 15.4 Å². The molecule has 3 aliphatic rings. The fraction of sp³-hybridized carbons (Fsp3) is 0.250. The highest BCUT2D eigenvalue weighted by Gasteiger charge is 2.59. The Morgan fingerprint density at radius 2 is 1.72 bits per heavy atom. The zero-order valence-electron chi connectivity index (χ0n) is 25.8. The Morgan fingerprint density at radius 3 is 2.43 bits per heavy atom. The largest absolute Gasteiger partial charge is 0.507 e. The topological polar surface area (TPSA) is 161 Å². The van der Waals surface area contributed by atoms with Crippen molar-refractivity contribution in [2.75, 3.05) is 7.11 Å². The molecule has 1 spiro atoms. The highest BCUT2D eigenvalue weighted by molar-refractivity contribution is 6.18. The molecular formula is C36H33N3O7. The Balaban J connectivity index is 1.41. The van der Waals surface area contributed by atoms with Crippen LogP contribution in [0.15, 0.2) is 60.8 Å². The van der Waals surface area contributed by atoms with Crippen molar-refractivity contribution in [1.29, 1.82) is 0 Å². The summed E-state index contributed by atoms with van der Waals surface area (Å²) in [5.74, 6) is -2.70. The van der Waals surface area contributed by atoms with Gasteiger partial charge in [-0.1, -0.05) is 44.2 Å². The van der Waals surface area contributed by atoms with Crippen molar-refractivity contribution in [1.82, 2.24) is 15.6 Å². The average Bonchev–Trinajstić information content (AvgIpc) is 3.39. The van der Waals surface area contributed by atoms with Crippen LogP contribution in [-0.4, -0.2) is 45.0 Å². The van der Waals surface area contributed by atoms with Crippen LogP contribution in [0.5, 0.6) is 17.2 Å². The molecule has 10 nitrogen and oxygen atoms in total. The van der Waals surface area contributed by atoms with Gasteiger partial charge in [0.15, 0.2) is 0 Å². The van der Waals surface area contributed by atoms with Gasteiger partial charge in [-0.25, -0.2) is 0 Å². The third-order valence-corrected chi connectivity index (χ3v) is 9.75. The molecule has 2 amide bonds. The number of aromatic amines is 1. The number of allylic oxidation sites excluding steroid dienone is 1. The number of hydrogen-bond donors (Lipinski definition) is 6. The molecule has 1 aliphatic heterocycles. The normalized spacial score (nSPS) is 22.8. The number of aliphatic hydroxyl groups is 1. The number of para-hydroxylation sites is 1. The van der Waals surface area contributed by atoms with Gasteiger partial charge in [-0.15, -0.1) is 6.58 Å². The summed E-state index contributed by atoms with van der Waals surface area (Å²) >= 11 is 0. The summed E-state index contributed by atoms with van der Waals surface area (Å²) in [6, 6.07) is 11.9. The zero-order valence-corrected chi connectivity index (χ0v) is 25.8. The molecule has 1 saturated heterocycles. The number of methoxy groups -OCH3 is 1. The second kappa shape index (κ2) is 9.58. The molecule has 2 aliphatic carbocycles. The number of amides is 2. The van der Waals surface area contributed by atoms with Gasteiger partial charge >= 0.3 is 0 Å². The first kappa shape index (κ1) is 29.4. The molecule has 1 aromatic heterocycles. The minimum absolute atomic E-state index is 0.0101. The van der Waals surface area contributed by atoms with Crippen molar-refractivity contribution in [2.24, 2.45) is 0 Å². The van der Waals surface area contributed by atoms with Gasteiger partial charge in [-0.3, -0.25) is 14.4 Å². The Kier molecular flexibility index (Phi) is 6.11. The van der Waals surface area contributed by atoms with Crippen LogP contribution in [0.4, 0.5) is 0 Å². The van der Waals surface area contributed by atoms with Gasteiger partial charge in [-0.2, -0.15) is 0 Å². The highest BCUT2D eigenvalue weighted by Crippen LogP contribution is 2.58. The minimum atomic E-state index is -1.88. The summed E-state index contributed by atoms with van der Waals surface area (Å²) in [5, 5.41) is 40.8. The number of piperazine rings is 1. The molecule has 0 saturated carbocycles. The van der Waals surface area contributed by atoms with Crippen molar-refractivity contribution < 1.29 is 34.4 Å². The van der Waals surface area contributed by atoms with Crippen LogP contribution in [-0.2, 0) is 26.1 Å². The Hall–Kier alpha value is -5.35. The summed E-state index contributed by atoms with van der Waals surface area (Å²) < 4.78 is 5.63. The Labute approximate surface area is 264 Å². The lowest BCUT2D eigenvalue weighted by Gasteiger charge is -2.49. The predicted octanol–water partition coefficient (Wildman–Crippen LogP) is 4.42. The van der Waals surface area contributed by atoms with E-state index in [1.807, 2.05) is 38.1 Å². The average molecular weight is 620 g/mol. The fourth-order valence-electron chi connectivity index (χ4n) is 7.34. The molecule has 10 heteroatoms. The maximum absolute atomic E-state index is 14.3. The Bertz CT molecular complexity index is 2110. The molecule has 3 aromatic carbocycles. The van der Waals surface area contributed by atoms with Crippen molar-refractivity contribution in [3.63, 3.8) is 0 Å². The summed E-state index contributed by atoms with van der Waals surface area (Å²) in [6.07, 6.45) is 3.24. The standard InChI is InChI=1S/C36H33N3O7/c1-6-34(3,4)31-19(18-9-7-8-10-21(18)37-31)15-22-32(43)39-35(33(44)38-22)11-12-36(45)20-13-17(2)14-23(40)26(20)30(42)27-24(41)16-25(46-5)28(35)29(27)36/h6-10,13-16,37,40-41,45H,1,11-12H2,2-5H3,(H,38,44)(H,39,43)/b22-15-/t35-,36+/m1/s1.